The average Bonchev–Trinajstić information content (AvgIpc) is 1.59. The summed E-state index contributed by atoms with van der Waals surface area (Å²) >= 11 is 9.09. The summed E-state index contributed by atoms with van der Waals surface area (Å²) in [6.45, 7) is 8.45. The van der Waals surface area contributed by atoms with E-state index in [1.807, 2.05) is 0 Å². The molecule has 0 heterocycles. The van der Waals surface area contributed by atoms with Gasteiger partial charge in [-0.25, -0.2) is 0 Å². The van der Waals surface area contributed by atoms with E-state index in [9.17, 15) is 0 Å². The van der Waals surface area contributed by atoms with E-state index in [-0.39, 0.29) is 31.0 Å². The summed E-state index contributed by atoms with van der Waals surface area (Å²) in [6, 6.07) is 0.898. The van der Waals surface area contributed by atoms with Crippen LogP contribution in [0.25, 0.3) is 0 Å². The predicted molar refractivity (Wildman–Crippen MR) is 54.8 cm³/mol. The number of nitrogens with zero attached hydrogens (tertiary/aromatic N) is 1. The Labute approximate surface area is 104 Å². The fraction of sp³-hybridized carbons (Fsp3) is 0.857. The van der Waals surface area contributed by atoms with E-state index in [4.69, 9.17) is 12.2 Å². The molecular weight excluding hydrogens is 185 g/mol. The smallest absolute Gasteiger partial charge is 1.00 e. The van der Waals surface area contributed by atoms with Crippen LogP contribution >= 0.6 is 24.8 Å². The van der Waals surface area contributed by atoms with Crippen LogP contribution in [-0.4, -0.2) is 21.3 Å². The Morgan fingerprint density at radius 2 is 1.55 bits per heavy atom. The third-order valence-electron chi connectivity index (χ3n) is 1.33. The molecule has 62 valence electrons. The van der Waals surface area contributed by atoms with Crippen LogP contribution in [0.4, 0.5) is 0 Å². The quantitative estimate of drug-likeness (QED) is 0.362. The molecule has 0 saturated carbocycles. The molecule has 11 heavy (non-hydrogen) atoms. The van der Waals surface area contributed by atoms with Crippen molar-refractivity contribution < 1.29 is 31.0 Å². The van der Waals surface area contributed by atoms with Crippen LogP contribution in [0.5, 0.6) is 0 Å². The number of rotatable bonds is 2. The molecule has 0 saturated heterocycles. The topological polar surface area (TPSA) is 3.24 Å². The van der Waals surface area contributed by atoms with E-state index in [0.29, 0.717) is 16.4 Å². The largest absolute Gasteiger partial charge is 1.00 e. The molecule has 0 aromatic heterocycles. The van der Waals surface area contributed by atoms with E-state index in [1.165, 1.54) is 0 Å². The molecule has 1 nitrogen and oxygen atoms in total. The molecule has 0 aliphatic carbocycles. The van der Waals surface area contributed by atoms with Gasteiger partial charge < -0.3 is 6.33 Å². The van der Waals surface area contributed by atoms with Gasteiger partial charge in [-0.2, -0.15) is 0 Å². The summed E-state index contributed by atoms with van der Waals surface area (Å²) in [5.41, 5.74) is 0. The van der Waals surface area contributed by atoms with Gasteiger partial charge in [0.05, 0.1) is 0 Å². The van der Waals surface area contributed by atoms with Crippen molar-refractivity contribution >= 4 is 29.2 Å². The third-order valence-corrected chi connectivity index (χ3v) is 1.78. The maximum absolute atomic E-state index is 4.96. The number of hydrogen-bond acceptors (Lipinski definition) is 1. The molecule has 0 unspecified atom stereocenters. The summed E-state index contributed by atoms with van der Waals surface area (Å²) in [6.07, 6.45) is 0. The van der Waals surface area contributed by atoms with Crippen LogP contribution in [0.15, 0.2) is 0 Å². The monoisotopic (exact) mass is 201 g/mol. The molecule has 0 aliphatic rings. The fourth-order valence-corrected chi connectivity index (χ4v) is 1.92. The molecule has 0 N–H and O–H groups in total. The maximum Gasteiger partial charge on any atom is 1.00 e. The minimum absolute atomic E-state index is 0. The zero-order valence-electron chi connectivity index (χ0n) is 8.96. The summed E-state index contributed by atoms with van der Waals surface area (Å²) in [5, 5.41) is 0. The fourth-order valence-electron chi connectivity index (χ4n) is 1.04. The van der Waals surface area contributed by atoms with Crippen LogP contribution in [-0.2, 0) is 0 Å². The molecular formula is C7H16NNaS2. The average molecular weight is 201 g/mol. The molecule has 0 amide bonds. The molecule has 0 radical (unpaired) electrons. The Bertz CT molecular complexity index is 123. The van der Waals surface area contributed by atoms with E-state index in [2.05, 4.69) is 45.2 Å². The minimum atomic E-state index is 0. The number of thiocarbonyl (C=S) groups is 1. The van der Waals surface area contributed by atoms with Crippen molar-refractivity contribution in [2.75, 3.05) is 0 Å². The van der Waals surface area contributed by atoms with Crippen LogP contribution in [0.2, 0.25) is 0 Å². The van der Waals surface area contributed by atoms with Crippen molar-refractivity contribution in [2.24, 2.45) is 0 Å². The van der Waals surface area contributed by atoms with E-state index < -0.39 is 0 Å². The van der Waals surface area contributed by atoms with Gasteiger partial charge in [0.1, 0.15) is 4.32 Å². The van der Waals surface area contributed by atoms with E-state index >= 15 is 0 Å². The van der Waals surface area contributed by atoms with Crippen molar-refractivity contribution in [3.8, 4) is 0 Å². The summed E-state index contributed by atoms with van der Waals surface area (Å²) in [5.74, 6) is 0. The molecule has 0 aromatic rings. The van der Waals surface area contributed by atoms with Crippen LogP contribution in [0.3, 0.4) is 0 Å². The van der Waals surface area contributed by atoms with E-state index in [1.54, 1.807) is 0 Å². The zero-order valence-corrected chi connectivity index (χ0v) is 11.7. The Morgan fingerprint density at radius 3 is 1.55 bits per heavy atom. The van der Waals surface area contributed by atoms with Gasteiger partial charge in [-0.1, -0.05) is 12.2 Å². The van der Waals surface area contributed by atoms with E-state index in [0.717, 1.165) is 0 Å². The number of hydrogen-bond donors (Lipinski definition) is 1. The summed E-state index contributed by atoms with van der Waals surface area (Å²) in [4.78, 5) is 2.10. The van der Waals surface area contributed by atoms with Gasteiger partial charge in [-0.05, 0) is 27.7 Å². The van der Waals surface area contributed by atoms with Crippen LogP contribution in [0, 0.1) is 0 Å². The zero-order chi connectivity index (χ0) is 8.31. The maximum atomic E-state index is 4.96. The van der Waals surface area contributed by atoms with Crippen molar-refractivity contribution in [1.82, 2.24) is 4.90 Å². The normalized spacial score (nSPS) is 9.73. The standard InChI is InChI=1S/C7H15NS2.Na.H/c1-5(2)8(6(3)4)7(9)10;;/h5-6H,1-4H3,(H,9,10);;/q;+1;-1. The third kappa shape index (κ3) is 5.47. The molecule has 0 aromatic carbocycles. The van der Waals surface area contributed by atoms with Gasteiger partial charge in [0, 0.05) is 12.1 Å². The van der Waals surface area contributed by atoms with Crippen LogP contribution in [0.1, 0.15) is 29.1 Å². The minimum Gasteiger partial charge on any atom is -1.00 e. The second-order valence-electron chi connectivity index (χ2n) is 2.88. The first kappa shape index (κ1) is 14.7. The van der Waals surface area contributed by atoms with Crippen molar-refractivity contribution in [3.05, 3.63) is 0 Å². The van der Waals surface area contributed by atoms with Gasteiger partial charge in [-0.15, -0.1) is 12.6 Å². The Morgan fingerprint density at radius 1 is 1.27 bits per heavy atom. The van der Waals surface area contributed by atoms with Gasteiger partial charge in [0.25, 0.3) is 0 Å². The molecule has 4 heteroatoms. The van der Waals surface area contributed by atoms with Crippen LogP contribution < -0.4 is 29.6 Å². The molecule has 0 spiro atoms. The first-order valence-corrected chi connectivity index (χ1v) is 4.33. The molecule has 0 fully saturated rings. The van der Waals surface area contributed by atoms with Crippen molar-refractivity contribution in [2.45, 2.75) is 39.8 Å². The van der Waals surface area contributed by atoms with Crippen molar-refractivity contribution in [1.29, 1.82) is 0 Å². The molecule has 0 aliphatic heterocycles. The van der Waals surface area contributed by atoms with Gasteiger partial charge in [0.2, 0.25) is 0 Å². The SMILES string of the molecule is CC(C)N(C(=S)S)C(C)C.[H-].[Na+]. The second-order valence-corrected chi connectivity index (χ2v) is 3.99. The Balaban J connectivity index is -0.000000405. The molecule has 0 atom stereocenters. The first-order chi connectivity index (χ1) is 4.46. The number of thiol groups is 1. The van der Waals surface area contributed by atoms with Crippen molar-refractivity contribution in [3.63, 3.8) is 0 Å². The predicted octanol–water partition coefficient (Wildman–Crippen LogP) is -0.564. The van der Waals surface area contributed by atoms with Gasteiger partial charge in [0.15, 0.2) is 0 Å². The van der Waals surface area contributed by atoms with Gasteiger partial charge >= 0.3 is 29.6 Å². The summed E-state index contributed by atoms with van der Waals surface area (Å²) in [7, 11) is 0. The Hall–Kier alpha value is 1.24. The van der Waals surface area contributed by atoms with Gasteiger partial charge in [-0.3, -0.25) is 0 Å². The summed E-state index contributed by atoms with van der Waals surface area (Å²) < 4.78 is 0.685. The first-order valence-electron chi connectivity index (χ1n) is 3.48. The molecule has 0 rings (SSSR count). The second kappa shape index (κ2) is 6.72. The Kier molecular flexibility index (Phi) is 9.01. The molecule has 0 bridgehead atoms.